The highest BCUT2D eigenvalue weighted by atomic mass is 35.5. The number of piperazine rings is 1. The van der Waals surface area contributed by atoms with E-state index in [4.69, 9.17) is 16.3 Å². The molecule has 3 atom stereocenters. The SMILES string of the molecule is CN1CCN(C(=O)OC2C3SCCSC3C(=O)N2c2ccc3c(Cl)ccnc3n2)CC1. The number of aromatic nitrogens is 2. The molecule has 2 amide bonds. The summed E-state index contributed by atoms with van der Waals surface area (Å²) in [7, 11) is 2.03. The highest BCUT2D eigenvalue weighted by Gasteiger charge is 2.53. The molecular weight excluding hydrogens is 458 g/mol. The summed E-state index contributed by atoms with van der Waals surface area (Å²) in [4.78, 5) is 40.6. The van der Waals surface area contributed by atoms with Crippen molar-refractivity contribution in [3.8, 4) is 0 Å². The van der Waals surface area contributed by atoms with Gasteiger partial charge in [0, 0.05) is 49.3 Å². The van der Waals surface area contributed by atoms with Crippen molar-refractivity contribution in [2.45, 2.75) is 16.7 Å². The van der Waals surface area contributed by atoms with Gasteiger partial charge in [-0.3, -0.25) is 9.69 Å². The van der Waals surface area contributed by atoms with E-state index in [0.717, 1.165) is 24.6 Å². The number of pyridine rings is 2. The smallest absolute Gasteiger partial charge is 0.411 e. The average molecular weight is 480 g/mol. The van der Waals surface area contributed by atoms with Crippen molar-refractivity contribution in [2.75, 3.05) is 49.6 Å². The number of carbonyl (C=O) groups is 2. The van der Waals surface area contributed by atoms with Gasteiger partial charge < -0.3 is 14.5 Å². The van der Waals surface area contributed by atoms with Crippen LogP contribution in [0.1, 0.15) is 0 Å². The molecular formula is C20H22ClN5O3S2. The minimum atomic E-state index is -0.702. The lowest BCUT2D eigenvalue weighted by molar-refractivity contribution is -0.117. The molecule has 2 aromatic rings. The van der Waals surface area contributed by atoms with Gasteiger partial charge in [0.25, 0.3) is 0 Å². The molecule has 11 heteroatoms. The summed E-state index contributed by atoms with van der Waals surface area (Å²) >= 11 is 9.56. The largest absolute Gasteiger partial charge is 0.423 e. The Morgan fingerprint density at radius 3 is 2.74 bits per heavy atom. The Hall–Kier alpha value is -1.75. The summed E-state index contributed by atoms with van der Waals surface area (Å²) in [5.41, 5.74) is 0.456. The molecule has 0 radical (unpaired) electrons. The van der Waals surface area contributed by atoms with E-state index in [0.29, 0.717) is 35.0 Å². The van der Waals surface area contributed by atoms with E-state index >= 15 is 0 Å². The van der Waals surface area contributed by atoms with Crippen LogP contribution in [0.5, 0.6) is 0 Å². The number of nitrogens with zero attached hydrogens (tertiary/aromatic N) is 5. The summed E-state index contributed by atoms with van der Waals surface area (Å²) in [6.07, 6.45) is 0.505. The maximum absolute atomic E-state index is 13.3. The van der Waals surface area contributed by atoms with Crippen LogP contribution in [0.2, 0.25) is 5.02 Å². The van der Waals surface area contributed by atoms with Crippen LogP contribution in [0, 0.1) is 0 Å². The van der Waals surface area contributed by atoms with Crippen molar-refractivity contribution >= 4 is 64.0 Å². The predicted octanol–water partition coefficient (Wildman–Crippen LogP) is 2.56. The molecule has 164 valence electrons. The number of anilines is 1. The number of ether oxygens (including phenoxy) is 1. The third kappa shape index (κ3) is 3.94. The number of likely N-dealkylation sites (N-methyl/N-ethyl adjacent to an activating group) is 1. The predicted molar refractivity (Wildman–Crippen MR) is 124 cm³/mol. The lowest BCUT2D eigenvalue weighted by Gasteiger charge is -2.34. The maximum atomic E-state index is 13.3. The second-order valence-electron chi connectivity index (χ2n) is 7.73. The van der Waals surface area contributed by atoms with Crippen LogP contribution < -0.4 is 4.90 Å². The molecule has 8 nitrogen and oxygen atoms in total. The van der Waals surface area contributed by atoms with Crippen molar-refractivity contribution in [1.29, 1.82) is 0 Å². The van der Waals surface area contributed by atoms with Gasteiger partial charge in [-0.05, 0) is 25.2 Å². The molecule has 0 aliphatic carbocycles. The van der Waals surface area contributed by atoms with Crippen molar-refractivity contribution < 1.29 is 14.3 Å². The fourth-order valence-electron chi connectivity index (χ4n) is 4.04. The van der Waals surface area contributed by atoms with E-state index in [1.54, 1.807) is 46.8 Å². The Balaban J connectivity index is 1.46. The zero-order chi connectivity index (χ0) is 21.5. The van der Waals surface area contributed by atoms with Gasteiger partial charge in [0.05, 0.1) is 10.3 Å². The third-order valence-corrected chi connectivity index (χ3v) is 9.15. The van der Waals surface area contributed by atoms with Crippen LogP contribution in [-0.2, 0) is 9.53 Å². The van der Waals surface area contributed by atoms with E-state index in [-0.39, 0.29) is 22.5 Å². The number of halogens is 1. The lowest BCUT2D eigenvalue weighted by atomic mass is 10.3. The Kier molecular flexibility index (Phi) is 5.89. The molecule has 0 spiro atoms. The third-order valence-electron chi connectivity index (χ3n) is 5.77. The van der Waals surface area contributed by atoms with E-state index in [1.807, 2.05) is 13.1 Å². The van der Waals surface area contributed by atoms with Gasteiger partial charge in [-0.25, -0.2) is 14.8 Å². The van der Waals surface area contributed by atoms with Crippen molar-refractivity contribution in [3.63, 3.8) is 0 Å². The summed E-state index contributed by atoms with van der Waals surface area (Å²) < 4.78 is 5.98. The zero-order valence-electron chi connectivity index (χ0n) is 16.9. The molecule has 2 aromatic heterocycles. The second kappa shape index (κ2) is 8.65. The van der Waals surface area contributed by atoms with Gasteiger partial charge >= 0.3 is 6.09 Å². The highest BCUT2D eigenvalue weighted by molar-refractivity contribution is 8.07. The molecule has 5 rings (SSSR count). The van der Waals surface area contributed by atoms with Crippen LogP contribution >= 0.6 is 35.1 Å². The van der Waals surface area contributed by atoms with E-state index in [9.17, 15) is 9.59 Å². The van der Waals surface area contributed by atoms with Crippen molar-refractivity contribution in [3.05, 3.63) is 29.4 Å². The van der Waals surface area contributed by atoms with Gasteiger partial charge in [-0.2, -0.15) is 11.8 Å². The highest BCUT2D eigenvalue weighted by Crippen LogP contribution is 2.43. The van der Waals surface area contributed by atoms with Gasteiger partial charge in [0.15, 0.2) is 11.9 Å². The van der Waals surface area contributed by atoms with Crippen LogP contribution in [0.15, 0.2) is 24.4 Å². The quantitative estimate of drug-likeness (QED) is 0.650. The van der Waals surface area contributed by atoms with Crippen LogP contribution in [0.25, 0.3) is 11.0 Å². The average Bonchev–Trinajstić information content (AvgIpc) is 3.06. The van der Waals surface area contributed by atoms with Crippen LogP contribution in [-0.4, -0.2) is 93.2 Å². The fourth-order valence-corrected chi connectivity index (χ4v) is 7.23. The number of carbonyl (C=O) groups excluding carboxylic acids is 2. The summed E-state index contributed by atoms with van der Waals surface area (Å²) in [5.74, 6) is 2.16. The molecule has 31 heavy (non-hydrogen) atoms. The number of hydrogen-bond acceptors (Lipinski definition) is 8. The van der Waals surface area contributed by atoms with Gasteiger partial charge in [0.2, 0.25) is 5.91 Å². The van der Waals surface area contributed by atoms with Gasteiger partial charge in [-0.15, -0.1) is 11.8 Å². The molecule has 0 N–H and O–H groups in total. The van der Waals surface area contributed by atoms with E-state index in [2.05, 4.69) is 14.9 Å². The molecule has 5 heterocycles. The van der Waals surface area contributed by atoms with Crippen molar-refractivity contribution in [1.82, 2.24) is 19.8 Å². The van der Waals surface area contributed by atoms with Gasteiger partial charge in [0.1, 0.15) is 11.1 Å². The monoisotopic (exact) mass is 479 g/mol. The first-order chi connectivity index (χ1) is 15.0. The van der Waals surface area contributed by atoms with Gasteiger partial charge in [-0.1, -0.05) is 11.6 Å². The normalized spacial score (nSPS) is 26.9. The first kappa shape index (κ1) is 21.1. The first-order valence-electron chi connectivity index (χ1n) is 10.1. The van der Waals surface area contributed by atoms with E-state index in [1.165, 1.54) is 4.90 Å². The maximum Gasteiger partial charge on any atom is 0.411 e. The molecule has 3 aliphatic rings. The molecule has 3 unspecified atom stereocenters. The molecule has 0 bridgehead atoms. The molecule has 3 saturated heterocycles. The Morgan fingerprint density at radius 2 is 1.94 bits per heavy atom. The molecule has 3 aliphatic heterocycles. The Labute approximate surface area is 193 Å². The number of fused-ring (bicyclic) bond motifs is 2. The number of rotatable bonds is 2. The summed E-state index contributed by atoms with van der Waals surface area (Å²) in [6, 6.07) is 5.26. The lowest BCUT2D eigenvalue weighted by Crippen LogP contribution is -2.50. The van der Waals surface area contributed by atoms with E-state index < -0.39 is 6.23 Å². The van der Waals surface area contributed by atoms with Crippen molar-refractivity contribution in [2.24, 2.45) is 0 Å². The molecule has 0 saturated carbocycles. The second-order valence-corrected chi connectivity index (χ2v) is 10.7. The minimum Gasteiger partial charge on any atom is -0.423 e. The fraction of sp³-hybridized carbons (Fsp3) is 0.500. The Morgan fingerprint density at radius 1 is 1.16 bits per heavy atom. The summed E-state index contributed by atoms with van der Waals surface area (Å²) in [5, 5.41) is 0.877. The van der Waals surface area contributed by atoms with Crippen LogP contribution in [0.4, 0.5) is 10.6 Å². The number of hydrogen-bond donors (Lipinski definition) is 0. The minimum absolute atomic E-state index is 0.0766. The first-order valence-corrected chi connectivity index (χ1v) is 12.6. The molecule has 0 aromatic carbocycles. The standard InChI is InChI=1S/C20H22ClN5O3S2/c1-24-6-8-25(9-7-24)20(28)29-19-16-15(30-10-11-31-16)18(27)26(19)14-3-2-12-13(21)4-5-22-17(12)23-14/h2-5,15-16,19H,6-11H2,1H3. The number of thioether (sulfide) groups is 2. The zero-order valence-corrected chi connectivity index (χ0v) is 19.3. The van der Waals surface area contributed by atoms with Crippen LogP contribution in [0.3, 0.4) is 0 Å². The topological polar surface area (TPSA) is 78.9 Å². The summed E-state index contributed by atoms with van der Waals surface area (Å²) in [6.45, 7) is 2.83. The number of amides is 2. The Bertz CT molecular complexity index is 1020. The molecule has 3 fully saturated rings.